The first-order valence-electron chi connectivity index (χ1n) is 8.54. The van der Waals surface area contributed by atoms with Gasteiger partial charge in [0.15, 0.2) is 6.29 Å². The molecule has 24 heavy (non-hydrogen) atoms. The molecule has 2 atom stereocenters. The van der Waals surface area contributed by atoms with E-state index in [4.69, 9.17) is 23.1 Å². The summed E-state index contributed by atoms with van der Waals surface area (Å²) in [5.41, 5.74) is 16.3. The topological polar surface area (TPSA) is 58.5 Å². The van der Waals surface area contributed by atoms with Crippen LogP contribution in [0.25, 0.3) is 0 Å². The Kier molecular flexibility index (Phi) is 5.29. The first kappa shape index (κ1) is 17.1. The van der Waals surface area contributed by atoms with Gasteiger partial charge >= 0.3 is 0 Å². The quantitative estimate of drug-likeness (QED) is 0.803. The molecule has 3 rings (SSSR count). The van der Waals surface area contributed by atoms with Crippen LogP contribution < -0.4 is 21.3 Å². The van der Waals surface area contributed by atoms with E-state index < -0.39 is 0 Å². The fraction of sp³-hybridized carbons (Fsp3) is 0.368. The van der Waals surface area contributed by atoms with Gasteiger partial charge in [-0.2, -0.15) is 0 Å². The Morgan fingerprint density at radius 1 is 1.04 bits per heavy atom. The first-order chi connectivity index (χ1) is 11.6. The van der Waals surface area contributed by atoms with E-state index in [1.165, 1.54) is 12.8 Å². The molecular weight excluding hydrogens is 320 g/mol. The second-order valence-electron chi connectivity index (χ2n) is 6.20. The van der Waals surface area contributed by atoms with Gasteiger partial charge in [-0.05, 0) is 30.7 Å². The Morgan fingerprint density at radius 2 is 1.83 bits per heavy atom. The molecule has 0 saturated carbocycles. The van der Waals surface area contributed by atoms with Crippen LogP contribution in [0.15, 0.2) is 48.5 Å². The monoisotopic (exact) mass is 344 g/mol. The lowest BCUT2D eigenvalue weighted by atomic mass is 10.0. The summed E-state index contributed by atoms with van der Waals surface area (Å²) < 4.78 is 0. The molecule has 1 aliphatic heterocycles. The standard InChI is InChI=1S/C19H25ClN4/c1-2-3-6-12-23-17-11-5-4-10-16(17)18(21)24(19(23)22)15-9-7-8-14(20)13-15/h4-5,7-11,13,18-19H,2-3,6,12,21-22H2,1H3. The molecule has 1 heterocycles. The van der Waals surface area contributed by atoms with Crippen LogP contribution in [-0.2, 0) is 0 Å². The van der Waals surface area contributed by atoms with Crippen molar-refractivity contribution in [2.45, 2.75) is 38.6 Å². The van der Waals surface area contributed by atoms with Gasteiger partial charge in [-0.3, -0.25) is 5.73 Å². The highest BCUT2D eigenvalue weighted by Gasteiger charge is 2.35. The third-order valence-corrected chi connectivity index (χ3v) is 4.81. The van der Waals surface area contributed by atoms with Gasteiger partial charge < -0.3 is 15.5 Å². The number of fused-ring (bicyclic) bond motifs is 1. The average Bonchev–Trinajstić information content (AvgIpc) is 2.58. The summed E-state index contributed by atoms with van der Waals surface area (Å²) in [4.78, 5) is 4.29. The maximum atomic E-state index is 6.62. The number of nitrogens with two attached hydrogens (primary N) is 2. The first-order valence-corrected chi connectivity index (χ1v) is 8.92. The normalized spacial score (nSPS) is 20.2. The Balaban J connectivity index is 1.99. The minimum absolute atomic E-state index is 0.294. The Morgan fingerprint density at radius 3 is 2.58 bits per heavy atom. The Bertz CT molecular complexity index is 691. The molecule has 0 radical (unpaired) electrons. The van der Waals surface area contributed by atoms with Gasteiger partial charge in [0.05, 0.1) is 0 Å². The maximum Gasteiger partial charge on any atom is 0.156 e. The highest BCUT2D eigenvalue weighted by Crippen LogP contribution is 2.38. The summed E-state index contributed by atoms with van der Waals surface area (Å²) in [6, 6.07) is 16.0. The second kappa shape index (κ2) is 7.43. The minimum atomic E-state index is -0.315. The number of unbranched alkanes of at least 4 members (excludes halogenated alkanes) is 2. The van der Waals surface area contributed by atoms with E-state index >= 15 is 0 Å². The predicted molar refractivity (Wildman–Crippen MR) is 102 cm³/mol. The van der Waals surface area contributed by atoms with Crippen molar-refractivity contribution in [1.29, 1.82) is 0 Å². The molecule has 0 aliphatic carbocycles. The Hall–Kier alpha value is -1.75. The van der Waals surface area contributed by atoms with Crippen LogP contribution in [0.4, 0.5) is 11.4 Å². The van der Waals surface area contributed by atoms with E-state index in [0.29, 0.717) is 5.02 Å². The van der Waals surface area contributed by atoms with Crippen LogP contribution in [0.3, 0.4) is 0 Å². The molecule has 4 N–H and O–H groups in total. The van der Waals surface area contributed by atoms with Crippen LogP contribution in [0.1, 0.15) is 37.9 Å². The summed E-state index contributed by atoms with van der Waals surface area (Å²) in [5.74, 6) is 0. The number of para-hydroxylation sites is 1. The lowest BCUT2D eigenvalue weighted by Gasteiger charge is -2.48. The zero-order valence-corrected chi connectivity index (χ0v) is 14.8. The average molecular weight is 345 g/mol. The number of hydrogen-bond donors (Lipinski definition) is 2. The molecule has 4 nitrogen and oxygen atoms in total. The zero-order chi connectivity index (χ0) is 17.1. The van der Waals surface area contributed by atoms with Gasteiger partial charge in [0.25, 0.3) is 0 Å². The van der Waals surface area contributed by atoms with Crippen molar-refractivity contribution < 1.29 is 0 Å². The van der Waals surface area contributed by atoms with Gasteiger partial charge in [-0.25, -0.2) is 0 Å². The fourth-order valence-corrected chi connectivity index (χ4v) is 3.53. The highest BCUT2D eigenvalue weighted by atomic mass is 35.5. The molecule has 2 aromatic carbocycles. The van der Waals surface area contributed by atoms with Crippen LogP contribution in [0, 0.1) is 0 Å². The van der Waals surface area contributed by atoms with Crippen molar-refractivity contribution in [3.63, 3.8) is 0 Å². The Labute approximate surface area is 149 Å². The van der Waals surface area contributed by atoms with Crippen LogP contribution in [0.5, 0.6) is 0 Å². The molecule has 0 spiro atoms. The smallest absolute Gasteiger partial charge is 0.156 e. The lowest BCUT2D eigenvalue weighted by Crippen LogP contribution is -2.61. The van der Waals surface area contributed by atoms with Crippen molar-refractivity contribution >= 4 is 23.0 Å². The molecule has 128 valence electrons. The number of hydrogen-bond acceptors (Lipinski definition) is 4. The lowest BCUT2D eigenvalue weighted by molar-refractivity contribution is 0.472. The molecule has 0 bridgehead atoms. The molecule has 2 aromatic rings. The molecule has 0 saturated heterocycles. The second-order valence-corrected chi connectivity index (χ2v) is 6.64. The largest absolute Gasteiger partial charge is 0.339 e. The molecule has 1 aliphatic rings. The summed E-state index contributed by atoms with van der Waals surface area (Å²) in [6.07, 6.45) is 2.87. The number of anilines is 2. The van der Waals surface area contributed by atoms with E-state index in [9.17, 15) is 0 Å². The minimum Gasteiger partial charge on any atom is -0.339 e. The van der Waals surface area contributed by atoms with E-state index in [1.807, 2.05) is 41.3 Å². The van der Waals surface area contributed by atoms with Crippen LogP contribution >= 0.6 is 11.6 Å². The van der Waals surface area contributed by atoms with Gasteiger partial charge in [0, 0.05) is 28.5 Å². The van der Waals surface area contributed by atoms with E-state index in [1.54, 1.807) is 0 Å². The summed E-state index contributed by atoms with van der Waals surface area (Å²) in [7, 11) is 0. The van der Waals surface area contributed by atoms with Gasteiger partial charge in [-0.1, -0.05) is 55.6 Å². The molecule has 0 amide bonds. The summed E-state index contributed by atoms with van der Waals surface area (Å²) >= 11 is 6.18. The van der Waals surface area contributed by atoms with Crippen molar-refractivity contribution in [2.24, 2.45) is 11.5 Å². The number of nitrogens with zero attached hydrogens (tertiary/aromatic N) is 2. The predicted octanol–water partition coefficient (Wildman–Crippen LogP) is 4.06. The fourth-order valence-electron chi connectivity index (χ4n) is 3.34. The zero-order valence-electron chi connectivity index (χ0n) is 14.0. The maximum absolute atomic E-state index is 6.62. The van der Waals surface area contributed by atoms with Crippen molar-refractivity contribution in [2.75, 3.05) is 16.3 Å². The van der Waals surface area contributed by atoms with E-state index in [0.717, 1.165) is 29.9 Å². The van der Waals surface area contributed by atoms with Crippen molar-refractivity contribution in [1.82, 2.24) is 0 Å². The summed E-state index contributed by atoms with van der Waals surface area (Å²) in [6.45, 7) is 3.12. The van der Waals surface area contributed by atoms with E-state index in [-0.39, 0.29) is 12.5 Å². The molecule has 2 unspecified atom stereocenters. The van der Waals surface area contributed by atoms with Crippen molar-refractivity contribution in [3.8, 4) is 0 Å². The van der Waals surface area contributed by atoms with E-state index in [2.05, 4.69) is 24.0 Å². The van der Waals surface area contributed by atoms with Gasteiger partial charge in [0.2, 0.25) is 0 Å². The highest BCUT2D eigenvalue weighted by molar-refractivity contribution is 6.30. The molecule has 0 aromatic heterocycles. The number of rotatable bonds is 5. The van der Waals surface area contributed by atoms with Gasteiger partial charge in [-0.15, -0.1) is 0 Å². The molecular formula is C19H25ClN4. The van der Waals surface area contributed by atoms with Crippen LogP contribution in [0.2, 0.25) is 5.02 Å². The molecule has 5 heteroatoms. The third kappa shape index (κ3) is 3.22. The number of benzene rings is 2. The molecule has 0 fully saturated rings. The van der Waals surface area contributed by atoms with Crippen molar-refractivity contribution in [3.05, 3.63) is 59.1 Å². The number of halogens is 1. The third-order valence-electron chi connectivity index (χ3n) is 4.58. The summed E-state index contributed by atoms with van der Waals surface area (Å²) in [5, 5.41) is 0.684. The SMILES string of the molecule is CCCCCN1c2ccccc2C(N)N(c2cccc(Cl)c2)C1N. The van der Waals surface area contributed by atoms with Gasteiger partial charge in [0.1, 0.15) is 6.17 Å². The van der Waals surface area contributed by atoms with Crippen LogP contribution in [-0.4, -0.2) is 12.8 Å².